The molecule has 2 rings (SSSR count). The minimum atomic E-state index is -0.309. The first-order chi connectivity index (χ1) is 10.9. The molecule has 1 aromatic rings. The van der Waals surface area contributed by atoms with E-state index < -0.39 is 0 Å². The molecule has 0 aromatic heterocycles. The molecule has 1 heterocycles. The molecule has 0 unspecified atom stereocenters. The lowest BCUT2D eigenvalue weighted by Gasteiger charge is -2.35. The molecular formula is C18H26N2O3. The summed E-state index contributed by atoms with van der Waals surface area (Å²) in [4.78, 5) is 28.2. The number of hydrogen-bond acceptors (Lipinski definition) is 4. The highest BCUT2D eigenvalue weighted by molar-refractivity contribution is 5.85. The van der Waals surface area contributed by atoms with Crippen LogP contribution in [0.3, 0.4) is 0 Å². The molecule has 1 fully saturated rings. The van der Waals surface area contributed by atoms with Crippen molar-refractivity contribution in [2.45, 2.75) is 20.8 Å². The predicted octanol–water partition coefficient (Wildman–Crippen LogP) is 1.82. The van der Waals surface area contributed by atoms with Crippen LogP contribution < -0.4 is 4.74 Å². The van der Waals surface area contributed by atoms with Crippen molar-refractivity contribution in [2.75, 3.05) is 39.3 Å². The van der Waals surface area contributed by atoms with Crippen LogP contribution in [0.5, 0.6) is 5.75 Å². The molecule has 23 heavy (non-hydrogen) atoms. The lowest BCUT2D eigenvalue weighted by Crippen LogP contribution is -2.51. The SMILES string of the molecule is CC(C)(C)C(=O)CN1CCN(C(=O)COc2ccccc2)CC1. The summed E-state index contributed by atoms with van der Waals surface area (Å²) in [5.41, 5.74) is -0.309. The number of rotatable bonds is 5. The van der Waals surface area contributed by atoms with Gasteiger partial charge in [-0.15, -0.1) is 0 Å². The summed E-state index contributed by atoms with van der Waals surface area (Å²) in [6, 6.07) is 9.34. The van der Waals surface area contributed by atoms with Crippen LogP contribution in [-0.4, -0.2) is 60.8 Å². The Labute approximate surface area is 138 Å². The molecule has 1 aromatic carbocycles. The Morgan fingerprint density at radius 1 is 1.04 bits per heavy atom. The van der Waals surface area contributed by atoms with Gasteiger partial charge in [0.1, 0.15) is 5.75 Å². The van der Waals surface area contributed by atoms with Gasteiger partial charge in [0, 0.05) is 31.6 Å². The summed E-state index contributed by atoms with van der Waals surface area (Å²) < 4.78 is 5.50. The van der Waals surface area contributed by atoms with Crippen molar-refractivity contribution in [3.8, 4) is 5.75 Å². The minimum Gasteiger partial charge on any atom is -0.484 e. The Bertz CT molecular complexity index is 529. The van der Waals surface area contributed by atoms with Gasteiger partial charge in [-0.2, -0.15) is 0 Å². The summed E-state index contributed by atoms with van der Waals surface area (Å²) in [7, 11) is 0. The average Bonchev–Trinajstić information content (AvgIpc) is 2.53. The number of ether oxygens (including phenoxy) is 1. The molecule has 1 saturated heterocycles. The topological polar surface area (TPSA) is 49.9 Å². The van der Waals surface area contributed by atoms with E-state index in [1.54, 1.807) is 4.90 Å². The van der Waals surface area contributed by atoms with E-state index in [0.717, 1.165) is 13.1 Å². The number of hydrogen-bond donors (Lipinski definition) is 0. The normalized spacial score (nSPS) is 16.2. The number of Topliss-reactive ketones (excluding diaryl/α,β-unsaturated/α-hetero) is 1. The summed E-state index contributed by atoms with van der Waals surface area (Å²) in [6.07, 6.45) is 0. The molecule has 5 nitrogen and oxygen atoms in total. The number of amides is 1. The van der Waals surface area contributed by atoms with Gasteiger partial charge in [0.15, 0.2) is 12.4 Å². The lowest BCUT2D eigenvalue weighted by atomic mass is 9.90. The van der Waals surface area contributed by atoms with E-state index in [-0.39, 0.29) is 23.7 Å². The van der Waals surface area contributed by atoms with Crippen LogP contribution in [0.2, 0.25) is 0 Å². The van der Waals surface area contributed by atoms with E-state index in [0.29, 0.717) is 25.4 Å². The largest absolute Gasteiger partial charge is 0.484 e. The molecule has 1 amide bonds. The Morgan fingerprint density at radius 2 is 1.65 bits per heavy atom. The Hall–Kier alpha value is -1.88. The standard InChI is InChI=1S/C18H26N2O3/c1-18(2,3)16(21)13-19-9-11-20(12-10-19)17(22)14-23-15-7-5-4-6-8-15/h4-8H,9-14H2,1-3H3. The first kappa shape index (κ1) is 17.5. The van der Waals surface area contributed by atoms with Gasteiger partial charge < -0.3 is 9.64 Å². The van der Waals surface area contributed by atoms with Crippen molar-refractivity contribution in [2.24, 2.45) is 5.41 Å². The Balaban J connectivity index is 1.73. The van der Waals surface area contributed by atoms with E-state index in [2.05, 4.69) is 4.90 Å². The molecule has 1 aliphatic rings. The molecule has 0 N–H and O–H groups in total. The highest BCUT2D eigenvalue weighted by Gasteiger charge is 2.27. The fourth-order valence-electron chi connectivity index (χ4n) is 2.35. The Kier molecular flexibility index (Phi) is 5.77. The van der Waals surface area contributed by atoms with Crippen molar-refractivity contribution >= 4 is 11.7 Å². The third-order valence-electron chi connectivity index (χ3n) is 4.03. The number of carbonyl (C=O) groups is 2. The quantitative estimate of drug-likeness (QED) is 0.831. The fourth-order valence-corrected chi connectivity index (χ4v) is 2.35. The van der Waals surface area contributed by atoms with Crippen molar-refractivity contribution in [1.82, 2.24) is 9.80 Å². The van der Waals surface area contributed by atoms with E-state index in [1.807, 2.05) is 51.1 Å². The minimum absolute atomic E-state index is 0.00403. The zero-order valence-electron chi connectivity index (χ0n) is 14.2. The van der Waals surface area contributed by atoms with Gasteiger partial charge in [-0.05, 0) is 12.1 Å². The second kappa shape index (κ2) is 7.59. The van der Waals surface area contributed by atoms with Gasteiger partial charge in [0.05, 0.1) is 6.54 Å². The van der Waals surface area contributed by atoms with Crippen LogP contribution in [0.4, 0.5) is 0 Å². The zero-order valence-corrected chi connectivity index (χ0v) is 14.2. The maximum absolute atomic E-state index is 12.2. The Morgan fingerprint density at radius 3 is 2.22 bits per heavy atom. The van der Waals surface area contributed by atoms with Crippen molar-refractivity contribution in [1.29, 1.82) is 0 Å². The van der Waals surface area contributed by atoms with E-state index in [9.17, 15) is 9.59 Å². The fraction of sp³-hybridized carbons (Fsp3) is 0.556. The van der Waals surface area contributed by atoms with E-state index in [1.165, 1.54) is 0 Å². The third kappa shape index (κ3) is 5.36. The van der Waals surface area contributed by atoms with Crippen LogP contribution in [0.25, 0.3) is 0 Å². The summed E-state index contributed by atoms with van der Waals surface area (Å²) >= 11 is 0. The van der Waals surface area contributed by atoms with Crippen LogP contribution in [0, 0.1) is 5.41 Å². The van der Waals surface area contributed by atoms with Crippen molar-refractivity contribution < 1.29 is 14.3 Å². The van der Waals surface area contributed by atoms with Crippen LogP contribution in [0.1, 0.15) is 20.8 Å². The number of carbonyl (C=O) groups excluding carboxylic acids is 2. The second-order valence-electron chi connectivity index (χ2n) is 6.93. The highest BCUT2D eigenvalue weighted by Crippen LogP contribution is 2.16. The molecule has 0 radical (unpaired) electrons. The summed E-state index contributed by atoms with van der Waals surface area (Å²) in [5, 5.41) is 0. The van der Waals surface area contributed by atoms with Crippen LogP contribution in [-0.2, 0) is 9.59 Å². The predicted molar refractivity (Wildman–Crippen MR) is 89.4 cm³/mol. The van der Waals surface area contributed by atoms with Gasteiger partial charge in [-0.3, -0.25) is 14.5 Å². The smallest absolute Gasteiger partial charge is 0.260 e. The maximum Gasteiger partial charge on any atom is 0.260 e. The highest BCUT2D eigenvalue weighted by atomic mass is 16.5. The summed E-state index contributed by atoms with van der Waals surface area (Å²) in [6.45, 7) is 9.11. The van der Waals surface area contributed by atoms with Gasteiger partial charge in [0.2, 0.25) is 0 Å². The maximum atomic E-state index is 12.2. The average molecular weight is 318 g/mol. The number of benzene rings is 1. The monoisotopic (exact) mass is 318 g/mol. The van der Waals surface area contributed by atoms with Crippen LogP contribution in [0.15, 0.2) is 30.3 Å². The molecule has 0 atom stereocenters. The number of para-hydroxylation sites is 1. The van der Waals surface area contributed by atoms with Gasteiger partial charge in [-0.1, -0.05) is 39.0 Å². The number of piperazine rings is 1. The van der Waals surface area contributed by atoms with Gasteiger partial charge >= 0.3 is 0 Å². The molecule has 0 bridgehead atoms. The molecule has 1 aliphatic heterocycles. The molecule has 0 spiro atoms. The lowest BCUT2D eigenvalue weighted by molar-refractivity contribution is -0.135. The molecule has 0 aliphatic carbocycles. The molecule has 126 valence electrons. The first-order valence-corrected chi connectivity index (χ1v) is 8.07. The molecule has 0 saturated carbocycles. The number of nitrogens with zero attached hydrogens (tertiary/aromatic N) is 2. The van der Waals surface area contributed by atoms with Crippen LogP contribution >= 0.6 is 0 Å². The third-order valence-corrected chi connectivity index (χ3v) is 4.03. The van der Waals surface area contributed by atoms with E-state index in [4.69, 9.17) is 4.74 Å². The van der Waals surface area contributed by atoms with Gasteiger partial charge in [-0.25, -0.2) is 0 Å². The number of ketones is 1. The molecule has 5 heteroatoms. The first-order valence-electron chi connectivity index (χ1n) is 8.07. The molecular weight excluding hydrogens is 292 g/mol. The summed E-state index contributed by atoms with van der Waals surface area (Å²) in [5.74, 6) is 0.940. The van der Waals surface area contributed by atoms with E-state index >= 15 is 0 Å². The van der Waals surface area contributed by atoms with Crippen molar-refractivity contribution in [3.05, 3.63) is 30.3 Å². The van der Waals surface area contributed by atoms with Gasteiger partial charge in [0.25, 0.3) is 5.91 Å². The zero-order chi connectivity index (χ0) is 16.9. The second-order valence-corrected chi connectivity index (χ2v) is 6.93. The van der Waals surface area contributed by atoms with Crippen molar-refractivity contribution in [3.63, 3.8) is 0 Å².